The molecule has 2 aromatic carbocycles. The highest BCUT2D eigenvalue weighted by Gasteiger charge is 2.33. The van der Waals surface area contributed by atoms with E-state index in [2.05, 4.69) is 15.9 Å². The van der Waals surface area contributed by atoms with Crippen molar-refractivity contribution in [1.82, 2.24) is 14.9 Å². The van der Waals surface area contributed by atoms with E-state index >= 15 is 0 Å². The SMILES string of the molecule is CSc1nc2c(c(N3CCN(C(=O)O)C(CC#N)C3)n1)CCN(c1cccc3ccc(F)c(Cl)c13)C2. The Labute approximate surface area is 217 Å². The Morgan fingerprint density at radius 2 is 2.08 bits per heavy atom. The Bertz CT molecular complexity index is 1380. The van der Waals surface area contributed by atoms with Crippen molar-refractivity contribution < 1.29 is 14.3 Å². The molecule has 1 atom stereocenters. The van der Waals surface area contributed by atoms with Gasteiger partial charge in [0.1, 0.15) is 11.6 Å². The van der Waals surface area contributed by atoms with Crippen LogP contribution in [-0.2, 0) is 13.0 Å². The molecule has 1 saturated heterocycles. The third-order valence-corrected chi connectivity index (χ3v) is 7.73. The summed E-state index contributed by atoms with van der Waals surface area (Å²) in [6.45, 7) is 2.39. The Kier molecular flexibility index (Phi) is 6.77. The molecule has 1 N–H and O–H groups in total. The van der Waals surface area contributed by atoms with Crippen LogP contribution in [0.3, 0.4) is 0 Å². The van der Waals surface area contributed by atoms with Crippen molar-refractivity contribution in [1.29, 1.82) is 5.26 Å². The van der Waals surface area contributed by atoms with Crippen LogP contribution in [0.1, 0.15) is 17.7 Å². The molecule has 2 aliphatic rings. The number of hydrogen-bond acceptors (Lipinski definition) is 7. The van der Waals surface area contributed by atoms with Crippen molar-refractivity contribution in [3.63, 3.8) is 0 Å². The molecular formula is C25H24ClFN6O2S. The fourth-order valence-electron chi connectivity index (χ4n) is 5.08. The maximum atomic E-state index is 14.3. The number of rotatable bonds is 4. The van der Waals surface area contributed by atoms with Gasteiger partial charge < -0.3 is 19.8 Å². The van der Waals surface area contributed by atoms with Crippen molar-refractivity contribution >= 4 is 51.7 Å². The van der Waals surface area contributed by atoms with Gasteiger partial charge in [-0.15, -0.1) is 0 Å². The molecule has 1 amide bonds. The average molecular weight is 527 g/mol. The first-order valence-electron chi connectivity index (χ1n) is 11.6. The third kappa shape index (κ3) is 4.38. The first kappa shape index (κ1) is 24.4. The van der Waals surface area contributed by atoms with E-state index in [0.717, 1.165) is 28.1 Å². The Morgan fingerprint density at radius 3 is 2.83 bits per heavy atom. The van der Waals surface area contributed by atoms with Gasteiger partial charge in [-0.2, -0.15) is 5.26 Å². The molecule has 0 aliphatic carbocycles. The molecule has 11 heteroatoms. The number of aromatic nitrogens is 2. The second kappa shape index (κ2) is 9.99. The third-order valence-electron chi connectivity index (χ3n) is 6.81. The summed E-state index contributed by atoms with van der Waals surface area (Å²) in [5.74, 6) is 0.356. The fraction of sp³-hybridized carbons (Fsp3) is 0.360. The highest BCUT2D eigenvalue weighted by Crippen LogP contribution is 2.38. The van der Waals surface area contributed by atoms with E-state index in [1.165, 1.54) is 22.7 Å². The van der Waals surface area contributed by atoms with Gasteiger partial charge in [0.05, 0.1) is 35.8 Å². The first-order valence-corrected chi connectivity index (χ1v) is 13.2. The molecule has 8 nitrogen and oxygen atoms in total. The zero-order valence-corrected chi connectivity index (χ0v) is 21.2. The van der Waals surface area contributed by atoms with E-state index in [0.29, 0.717) is 49.7 Å². The quantitative estimate of drug-likeness (QED) is 0.383. The molecular weight excluding hydrogens is 503 g/mol. The van der Waals surface area contributed by atoms with Crippen molar-refractivity contribution in [3.05, 3.63) is 52.4 Å². The lowest BCUT2D eigenvalue weighted by Crippen LogP contribution is -2.55. The van der Waals surface area contributed by atoms with E-state index < -0.39 is 18.0 Å². The standard InChI is InChI=1S/C25H24ClFN6O2S/c1-36-24-29-19-14-31(20-4-2-3-15-5-6-18(27)22(26)21(15)20)10-8-17(19)23(30-24)32-11-12-33(25(34)35)16(13-32)7-9-28/h2-6,16H,7-8,10-14H2,1H3,(H,34,35). The molecule has 2 aliphatic heterocycles. The molecule has 0 bridgehead atoms. The summed E-state index contributed by atoms with van der Waals surface area (Å²) in [5, 5.41) is 21.1. The first-order chi connectivity index (χ1) is 17.4. The van der Waals surface area contributed by atoms with Gasteiger partial charge in [-0.05, 0) is 30.2 Å². The lowest BCUT2D eigenvalue weighted by atomic mass is 10.0. The second-order valence-corrected chi connectivity index (χ2v) is 9.96. The number of benzene rings is 2. The minimum Gasteiger partial charge on any atom is -0.465 e. The van der Waals surface area contributed by atoms with Gasteiger partial charge in [-0.3, -0.25) is 0 Å². The molecule has 186 valence electrons. The predicted octanol–water partition coefficient (Wildman–Crippen LogP) is 4.79. The maximum absolute atomic E-state index is 14.3. The number of anilines is 2. The summed E-state index contributed by atoms with van der Waals surface area (Å²) in [5.41, 5.74) is 2.77. The van der Waals surface area contributed by atoms with Crippen LogP contribution < -0.4 is 9.80 Å². The Hall–Kier alpha value is -3.29. The van der Waals surface area contributed by atoms with E-state index in [4.69, 9.17) is 21.6 Å². The number of hydrogen-bond donors (Lipinski definition) is 1. The predicted molar refractivity (Wildman–Crippen MR) is 138 cm³/mol. The summed E-state index contributed by atoms with van der Waals surface area (Å²) >= 11 is 7.84. The molecule has 0 saturated carbocycles. The summed E-state index contributed by atoms with van der Waals surface area (Å²) in [6.07, 6.45) is 1.70. The maximum Gasteiger partial charge on any atom is 0.407 e. The van der Waals surface area contributed by atoms with Crippen LogP contribution in [0.2, 0.25) is 5.02 Å². The minimum absolute atomic E-state index is 0.113. The number of halogens is 2. The topological polar surface area (TPSA) is 96.6 Å². The normalized spacial score (nSPS) is 17.7. The van der Waals surface area contributed by atoms with Crippen molar-refractivity contribution in [2.75, 3.05) is 42.2 Å². The largest absolute Gasteiger partial charge is 0.465 e. The number of piperazine rings is 1. The van der Waals surface area contributed by atoms with Gasteiger partial charge in [-0.25, -0.2) is 19.2 Å². The van der Waals surface area contributed by atoms with Crippen molar-refractivity contribution in [3.8, 4) is 6.07 Å². The number of nitrogens with zero attached hydrogens (tertiary/aromatic N) is 6. The highest BCUT2D eigenvalue weighted by atomic mass is 35.5. The van der Waals surface area contributed by atoms with Gasteiger partial charge in [-0.1, -0.05) is 41.6 Å². The molecule has 0 radical (unpaired) electrons. The Morgan fingerprint density at radius 1 is 1.25 bits per heavy atom. The van der Waals surface area contributed by atoms with E-state index in [9.17, 15) is 19.6 Å². The van der Waals surface area contributed by atoms with E-state index in [-0.39, 0.29) is 11.4 Å². The Balaban J connectivity index is 1.50. The zero-order valence-electron chi connectivity index (χ0n) is 19.6. The van der Waals surface area contributed by atoms with Gasteiger partial charge in [0.15, 0.2) is 5.16 Å². The van der Waals surface area contributed by atoms with Gasteiger partial charge in [0.2, 0.25) is 0 Å². The lowest BCUT2D eigenvalue weighted by molar-refractivity contribution is 0.119. The molecule has 0 spiro atoms. The molecule has 1 aromatic heterocycles. The number of amides is 1. The van der Waals surface area contributed by atoms with Crippen molar-refractivity contribution in [2.24, 2.45) is 0 Å². The lowest BCUT2D eigenvalue weighted by Gasteiger charge is -2.41. The van der Waals surface area contributed by atoms with Crippen LogP contribution in [0.15, 0.2) is 35.5 Å². The number of nitriles is 1. The van der Waals surface area contributed by atoms with E-state index in [1.54, 1.807) is 6.07 Å². The van der Waals surface area contributed by atoms with Crippen LogP contribution in [0.4, 0.5) is 20.7 Å². The fourth-order valence-corrected chi connectivity index (χ4v) is 5.73. The number of carboxylic acid groups (broad SMARTS) is 1. The summed E-state index contributed by atoms with van der Waals surface area (Å²) in [7, 11) is 0. The van der Waals surface area contributed by atoms with Crippen molar-refractivity contribution in [2.45, 2.75) is 30.6 Å². The van der Waals surface area contributed by atoms with Crippen LogP contribution in [0.5, 0.6) is 0 Å². The summed E-state index contributed by atoms with van der Waals surface area (Å²) in [4.78, 5) is 26.9. The van der Waals surface area contributed by atoms with E-state index in [1.807, 2.05) is 24.5 Å². The minimum atomic E-state index is -1.01. The van der Waals surface area contributed by atoms with Crippen LogP contribution in [-0.4, -0.2) is 64.5 Å². The van der Waals surface area contributed by atoms with Gasteiger partial charge in [0, 0.05) is 42.8 Å². The second-order valence-electron chi connectivity index (χ2n) is 8.81. The molecule has 36 heavy (non-hydrogen) atoms. The summed E-state index contributed by atoms with van der Waals surface area (Å²) < 4.78 is 14.3. The molecule has 5 rings (SSSR count). The zero-order chi connectivity index (χ0) is 25.4. The van der Waals surface area contributed by atoms with Crippen LogP contribution >= 0.6 is 23.4 Å². The van der Waals surface area contributed by atoms with Crippen LogP contribution in [0.25, 0.3) is 10.8 Å². The summed E-state index contributed by atoms with van der Waals surface area (Å²) in [6, 6.07) is 10.6. The van der Waals surface area contributed by atoms with Gasteiger partial charge in [0.25, 0.3) is 0 Å². The monoisotopic (exact) mass is 526 g/mol. The number of carbonyl (C=O) groups is 1. The molecule has 1 unspecified atom stereocenters. The molecule has 3 aromatic rings. The van der Waals surface area contributed by atoms with Crippen LogP contribution in [0, 0.1) is 17.1 Å². The average Bonchev–Trinajstić information content (AvgIpc) is 2.89. The smallest absolute Gasteiger partial charge is 0.407 e. The van der Waals surface area contributed by atoms with Gasteiger partial charge >= 0.3 is 6.09 Å². The molecule has 1 fully saturated rings. The highest BCUT2D eigenvalue weighted by molar-refractivity contribution is 7.98. The number of fused-ring (bicyclic) bond motifs is 2. The number of thioether (sulfide) groups is 1. The molecule has 3 heterocycles.